The summed E-state index contributed by atoms with van der Waals surface area (Å²) in [6.45, 7) is 0.584. The minimum Gasteiger partial charge on any atom is -0.333 e. The number of hydrogen-bond donors (Lipinski definition) is 1. The normalized spacial score (nSPS) is 19.4. The van der Waals surface area contributed by atoms with Crippen LogP contribution in [0, 0.1) is 5.82 Å². The molecule has 2 fully saturated rings. The van der Waals surface area contributed by atoms with Crippen LogP contribution in [0.25, 0.3) is 0 Å². The number of hydrogen-bond acceptors (Lipinski definition) is 4. The molecule has 2 aromatic carbocycles. The average Bonchev–Trinajstić information content (AvgIpc) is 2.74. The first-order chi connectivity index (χ1) is 14.9. The molecule has 1 N–H and O–H groups in total. The maximum Gasteiger partial charge on any atom is 0.334 e. The molecular formula is C22H24FN5O3. The summed E-state index contributed by atoms with van der Waals surface area (Å²) >= 11 is 0. The summed E-state index contributed by atoms with van der Waals surface area (Å²) in [7, 11) is 1.67. The van der Waals surface area contributed by atoms with Gasteiger partial charge in [-0.15, -0.1) is 0 Å². The summed E-state index contributed by atoms with van der Waals surface area (Å²) in [6, 6.07) is 15.2. The van der Waals surface area contributed by atoms with Gasteiger partial charge in [0.1, 0.15) is 18.5 Å². The van der Waals surface area contributed by atoms with Crippen LogP contribution < -0.4 is 5.32 Å². The van der Waals surface area contributed by atoms with Gasteiger partial charge in [0.05, 0.1) is 13.1 Å². The van der Waals surface area contributed by atoms with Crippen LogP contribution in [0.15, 0.2) is 54.6 Å². The van der Waals surface area contributed by atoms with Crippen LogP contribution in [0.4, 0.5) is 9.18 Å². The van der Waals surface area contributed by atoms with Gasteiger partial charge in [-0.2, -0.15) is 0 Å². The fourth-order valence-corrected chi connectivity index (χ4v) is 3.96. The lowest BCUT2D eigenvalue weighted by Gasteiger charge is -2.51. The van der Waals surface area contributed by atoms with Gasteiger partial charge < -0.3 is 15.1 Å². The highest BCUT2D eigenvalue weighted by Gasteiger charge is 2.45. The molecule has 0 unspecified atom stereocenters. The van der Waals surface area contributed by atoms with E-state index in [1.165, 1.54) is 22.0 Å². The number of fused-ring (bicyclic) bond motifs is 1. The molecule has 0 radical (unpaired) electrons. The Morgan fingerprint density at radius 1 is 1.03 bits per heavy atom. The van der Waals surface area contributed by atoms with Gasteiger partial charge in [-0.05, 0) is 23.3 Å². The van der Waals surface area contributed by atoms with Crippen molar-refractivity contribution in [1.29, 1.82) is 0 Å². The summed E-state index contributed by atoms with van der Waals surface area (Å²) in [6.07, 6.45) is -0.631. The van der Waals surface area contributed by atoms with E-state index in [9.17, 15) is 18.8 Å². The molecule has 2 aliphatic heterocycles. The summed E-state index contributed by atoms with van der Waals surface area (Å²) in [5, 5.41) is 5.94. The van der Waals surface area contributed by atoms with Gasteiger partial charge in [-0.1, -0.05) is 42.5 Å². The van der Waals surface area contributed by atoms with Crippen LogP contribution in [0.5, 0.6) is 0 Å². The van der Waals surface area contributed by atoms with Gasteiger partial charge in [0.2, 0.25) is 11.8 Å². The molecule has 2 aliphatic rings. The fourth-order valence-electron chi connectivity index (χ4n) is 3.96. The predicted molar refractivity (Wildman–Crippen MR) is 110 cm³/mol. The molecule has 0 aliphatic carbocycles. The van der Waals surface area contributed by atoms with Gasteiger partial charge in [0.15, 0.2) is 0 Å². The molecule has 2 saturated heterocycles. The van der Waals surface area contributed by atoms with Crippen molar-refractivity contribution in [2.75, 3.05) is 26.7 Å². The number of likely N-dealkylation sites (N-methyl/N-ethyl adjacent to an activating group) is 1. The minimum absolute atomic E-state index is 0.00638. The molecule has 1 atom stereocenters. The number of piperazine rings is 1. The van der Waals surface area contributed by atoms with E-state index in [4.69, 9.17) is 0 Å². The van der Waals surface area contributed by atoms with Gasteiger partial charge in [-0.3, -0.25) is 9.59 Å². The zero-order chi connectivity index (χ0) is 22.0. The monoisotopic (exact) mass is 425 g/mol. The van der Waals surface area contributed by atoms with Crippen molar-refractivity contribution in [3.8, 4) is 0 Å². The van der Waals surface area contributed by atoms with E-state index in [1.807, 2.05) is 30.3 Å². The van der Waals surface area contributed by atoms with E-state index >= 15 is 0 Å². The van der Waals surface area contributed by atoms with Crippen molar-refractivity contribution >= 4 is 17.8 Å². The second-order valence-corrected chi connectivity index (χ2v) is 7.71. The van der Waals surface area contributed by atoms with Crippen LogP contribution in [-0.4, -0.2) is 70.5 Å². The van der Waals surface area contributed by atoms with Crippen LogP contribution in [0.3, 0.4) is 0 Å². The molecular weight excluding hydrogens is 401 g/mol. The highest BCUT2D eigenvalue weighted by molar-refractivity contribution is 5.89. The van der Waals surface area contributed by atoms with Crippen molar-refractivity contribution in [2.45, 2.75) is 19.3 Å². The highest BCUT2D eigenvalue weighted by atomic mass is 19.1. The van der Waals surface area contributed by atoms with Crippen LogP contribution >= 0.6 is 0 Å². The number of hydrazine groups is 1. The van der Waals surface area contributed by atoms with E-state index in [-0.39, 0.29) is 49.8 Å². The molecule has 0 saturated carbocycles. The Hall–Kier alpha value is -3.46. The molecule has 162 valence electrons. The molecule has 0 spiro atoms. The fraction of sp³-hybridized carbons (Fsp3) is 0.318. The Bertz CT molecular complexity index is 986. The first-order valence-corrected chi connectivity index (χ1v) is 10.1. The van der Waals surface area contributed by atoms with Gasteiger partial charge in [0, 0.05) is 20.1 Å². The van der Waals surface area contributed by atoms with Gasteiger partial charge in [-0.25, -0.2) is 19.2 Å². The Morgan fingerprint density at radius 3 is 2.52 bits per heavy atom. The molecule has 8 nitrogen and oxygen atoms in total. The zero-order valence-electron chi connectivity index (χ0n) is 17.2. The molecule has 2 heterocycles. The lowest BCUT2D eigenvalue weighted by Crippen LogP contribution is -2.73. The quantitative estimate of drug-likeness (QED) is 0.804. The first kappa shape index (κ1) is 20.8. The SMILES string of the molecule is CN1CC(=O)N2CC(=O)N(Cc3cccc(F)c3)C[C@@H]2N1C(=O)NCc1ccccc1. The van der Waals surface area contributed by atoms with E-state index in [1.54, 1.807) is 29.1 Å². The Labute approximate surface area is 179 Å². The summed E-state index contributed by atoms with van der Waals surface area (Å²) in [5.74, 6) is -0.820. The third-order valence-corrected chi connectivity index (χ3v) is 5.49. The number of carbonyl (C=O) groups excluding carboxylic acids is 3. The standard InChI is InChI=1S/C22H24FN5O3/c1-25-14-21(30)27-15-20(29)26(12-17-8-5-9-18(23)10-17)13-19(27)28(25)22(31)24-11-16-6-3-2-4-7-16/h2-10,19H,11-15H2,1H3,(H,24,31)/t19-/m0/s1. The summed E-state index contributed by atoms with van der Waals surface area (Å²) in [5.41, 5.74) is 1.60. The van der Waals surface area contributed by atoms with Crippen LogP contribution in [0.2, 0.25) is 0 Å². The molecule has 31 heavy (non-hydrogen) atoms. The van der Waals surface area contributed by atoms with Crippen LogP contribution in [0.1, 0.15) is 11.1 Å². The van der Waals surface area contributed by atoms with Crippen molar-refractivity contribution in [3.63, 3.8) is 0 Å². The van der Waals surface area contributed by atoms with Crippen molar-refractivity contribution < 1.29 is 18.8 Å². The van der Waals surface area contributed by atoms with Gasteiger partial charge >= 0.3 is 6.03 Å². The number of nitrogens with zero attached hydrogens (tertiary/aromatic N) is 4. The number of carbonyl (C=O) groups is 3. The molecule has 0 bridgehead atoms. The maximum absolute atomic E-state index is 13.6. The topological polar surface area (TPSA) is 76.2 Å². The number of benzene rings is 2. The Kier molecular flexibility index (Phi) is 5.85. The summed E-state index contributed by atoms with van der Waals surface area (Å²) < 4.78 is 13.6. The third-order valence-electron chi connectivity index (χ3n) is 5.49. The van der Waals surface area contributed by atoms with Crippen molar-refractivity contribution in [1.82, 2.24) is 25.1 Å². The highest BCUT2D eigenvalue weighted by Crippen LogP contribution is 2.23. The zero-order valence-corrected chi connectivity index (χ0v) is 17.2. The molecule has 9 heteroatoms. The molecule has 4 rings (SSSR count). The van der Waals surface area contributed by atoms with Crippen LogP contribution in [-0.2, 0) is 22.7 Å². The Morgan fingerprint density at radius 2 is 1.77 bits per heavy atom. The summed E-state index contributed by atoms with van der Waals surface area (Å²) in [4.78, 5) is 41.2. The average molecular weight is 425 g/mol. The Balaban J connectivity index is 1.51. The second kappa shape index (κ2) is 8.73. The second-order valence-electron chi connectivity index (χ2n) is 7.71. The molecule has 2 aromatic rings. The van der Waals surface area contributed by atoms with E-state index in [2.05, 4.69) is 5.32 Å². The van der Waals surface area contributed by atoms with E-state index in [0.29, 0.717) is 12.1 Å². The number of nitrogens with one attached hydrogen (secondary N) is 1. The van der Waals surface area contributed by atoms with Crippen molar-refractivity contribution in [3.05, 3.63) is 71.5 Å². The minimum atomic E-state index is -0.631. The largest absolute Gasteiger partial charge is 0.334 e. The number of urea groups is 1. The number of rotatable bonds is 4. The molecule has 4 amide bonds. The lowest BCUT2D eigenvalue weighted by atomic mass is 10.1. The van der Waals surface area contributed by atoms with Crippen molar-refractivity contribution in [2.24, 2.45) is 0 Å². The smallest absolute Gasteiger partial charge is 0.333 e. The molecule has 0 aromatic heterocycles. The first-order valence-electron chi connectivity index (χ1n) is 10.1. The predicted octanol–water partition coefficient (Wildman–Crippen LogP) is 1.39. The third kappa shape index (κ3) is 4.51. The number of halogens is 1. The maximum atomic E-state index is 13.6. The number of amides is 4. The van der Waals surface area contributed by atoms with Gasteiger partial charge in [0.25, 0.3) is 0 Å². The lowest BCUT2D eigenvalue weighted by molar-refractivity contribution is -0.178. The van der Waals surface area contributed by atoms with E-state index in [0.717, 1.165) is 5.56 Å². The van der Waals surface area contributed by atoms with E-state index < -0.39 is 6.17 Å².